The smallest absolute Gasteiger partial charge is 0.233 e. The van der Waals surface area contributed by atoms with Gasteiger partial charge in [-0.1, -0.05) is 49.2 Å². The monoisotopic (exact) mass is 543 g/mol. The van der Waals surface area contributed by atoms with Crippen molar-refractivity contribution in [1.82, 2.24) is 15.1 Å². The molecule has 2 aliphatic carbocycles. The largest absolute Gasteiger partial charge is 0.497 e. The summed E-state index contributed by atoms with van der Waals surface area (Å²) in [6.45, 7) is 2.63. The van der Waals surface area contributed by atoms with Gasteiger partial charge in [-0.25, -0.2) is 0 Å². The average Bonchev–Trinajstić information content (AvgIpc) is 3.70. The highest BCUT2D eigenvalue weighted by molar-refractivity contribution is 5.93. The van der Waals surface area contributed by atoms with Crippen LogP contribution in [0, 0.1) is 11.8 Å². The first-order chi connectivity index (χ1) is 19.5. The summed E-state index contributed by atoms with van der Waals surface area (Å²) < 4.78 is 5.34. The lowest BCUT2D eigenvalue weighted by Gasteiger charge is -2.36. The van der Waals surface area contributed by atoms with Crippen molar-refractivity contribution in [3.8, 4) is 5.75 Å². The van der Waals surface area contributed by atoms with Gasteiger partial charge >= 0.3 is 0 Å². The van der Waals surface area contributed by atoms with E-state index in [0.29, 0.717) is 39.0 Å². The maximum atomic E-state index is 14.4. The molecule has 3 amide bonds. The molecule has 3 atom stereocenters. The van der Waals surface area contributed by atoms with E-state index in [4.69, 9.17) is 4.74 Å². The molecule has 0 unspecified atom stereocenters. The summed E-state index contributed by atoms with van der Waals surface area (Å²) in [6, 6.07) is 15.9. The van der Waals surface area contributed by atoms with Gasteiger partial charge in [0.15, 0.2) is 0 Å². The number of nitrogens with zero attached hydrogens (tertiary/aromatic N) is 2. The molecular weight excluding hydrogens is 502 g/mol. The number of methoxy groups -OCH3 is 1. The molecule has 6 rings (SSSR count). The van der Waals surface area contributed by atoms with E-state index in [-0.39, 0.29) is 35.6 Å². The standard InChI is InChI=1S/C33H41N3O4/c1-40-27-12-10-26(11-13-27)33(15-16-33)32(39)36-18-7-3-2-6-17-34-30(37)28-20-25(21-29(28)36)31(38)35-19-14-23-8-4-5-9-24(23)22-35/h4-5,8-13,25,28-29H,2-3,6-7,14-22H2,1H3,(H,34,37)/t25-,28-,29+/m1/s1. The molecule has 2 aromatic carbocycles. The fraction of sp³-hybridized carbons (Fsp3) is 0.545. The van der Waals surface area contributed by atoms with Crippen molar-refractivity contribution in [2.24, 2.45) is 11.8 Å². The Morgan fingerprint density at radius 1 is 0.925 bits per heavy atom. The Labute approximate surface area is 237 Å². The number of fused-ring (bicyclic) bond motifs is 2. The van der Waals surface area contributed by atoms with Crippen molar-refractivity contribution in [1.29, 1.82) is 0 Å². The maximum Gasteiger partial charge on any atom is 0.233 e. The second-order valence-electron chi connectivity index (χ2n) is 12.1. The first kappa shape index (κ1) is 26.9. The van der Waals surface area contributed by atoms with Crippen LogP contribution in [0.4, 0.5) is 0 Å². The summed E-state index contributed by atoms with van der Waals surface area (Å²) in [5.74, 6) is 0.417. The van der Waals surface area contributed by atoms with Crippen LogP contribution in [-0.4, -0.2) is 60.3 Å². The molecule has 2 aliphatic heterocycles. The van der Waals surface area contributed by atoms with E-state index in [9.17, 15) is 14.4 Å². The number of nitrogens with one attached hydrogen (secondary N) is 1. The molecule has 0 spiro atoms. The van der Waals surface area contributed by atoms with Gasteiger partial charge in [-0.3, -0.25) is 14.4 Å². The van der Waals surface area contributed by atoms with Crippen LogP contribution in [0.2, 0.25) is 0 Å². The van der Waals surface area contributed by atoms with Crippen LogP contribution < -0.4 is 10.1 Å². The molecule has 7 nitrogen and oxygen atoms in total. The number of hydrogen-bond acceptors (Lipinski definition) is 4. The summed E-state index contributed by atoms with van der Waals surface area (Å²) in [5.41, 5.74) is 3.01. The Hall–Kier alpha value is -3.35. The summed E-state index contributed by atoms with van der Waals surface area (Å²) in [5, 5.41) is 3.15. The first-order valence-corrected chi connectivity index (χ1v) is 15.1. The zero-order chi connectivity index (χ0) is 27.7. The first-order valence-electron chi connectivity index (χ1n) is 15.1. The summed E-state index contributed by atoms with van der Waals surface area (Å²) in [7, 11) is 1.65. The predicted molar refractivity (Wildman–Crippen MR) is 153 cm³/mol. The molecule has 1 N–H and O–H groups in total. The minimum absolute atomic E-state index is 0.00159. The Morgan fingerprint density at radius 2 is 1.68 bits per heavy atom. The molecule has 3 fully saturated rings. The van der Waals surface area contributed by atoms with E-state index in [1.54, 1.807) is 7.11 Å². The molecule has 0 aromatic heterocycles. The third-order valence-electron chi connectivity index (χ3n) is 9.75. The van der Waals surface area contributed by atoms with Gasteiger partial charge in [-0.05, 0) is 73.8 Å². The number of carbonyl (C=O) groups excluding carboxylic acids is 3. The minimum atomic E-state index is -0.536. The Bertz CT molecular complexity index is 1250. The average molecular weight is 544 g/mol. The lowest BCUT2D eigenvalue weighted by Crippen LogP contribution is -2.50. The Balaban J connectivity index is 1.26. The van der Waals surface area contributed by atoms with Crippen molar-refractivity contribution in [2.45, 2.75) is 75.8 Å². The Morgan fingerprint density at radius 3 is 2.42 bits per heavy atom. The van der Waals surface area contributed by atoms with Crippen molar-refractivity contribution in [3.05, 3.63) is 65.2 Å². The molecule has 1 saturated heterocycles. The topological polar surface area (TPSA) is 79.0 Å². The molecule has 2 aromatic rings. The molecule has 0 radical (unpaired) electrons. The van der Waals surface area contributed by atoms with E-state index in [0.717, 1.165) is 56.3 Å². The summed E-state index contributed by atoms with van der Waals surface area (Å²) in [6.07, 6.45) is 7.48. The molecule has 7 heteroatoms. The SMILES string of the molecule is COc1ccc(C2(C(=O)N3CCCCCCNC(=O)[C@@H]4C[C@@H](C(=O)N5CCc6ccccc6C5)C[C@@H]43)CC2)cc1. The molecule has 2 saturated carbocycles. The molecular formula is C33H41N3O4. The minimum Gasteiger partial charge on any atom is -0.497 e. The highest BCUT2D eigenvalue weighted by Crippen LogP contribution is 2.51. The third-order valence-corrected chi connectivity index (χ3v) is 9.75. The van der Waals surface area contributed by atoms with E-state index in [1.807, 2.05) is 40.1 Å². The number of rotatable bonds is 4. The lowest BCUT2D eigenvalue weighted by molar-refractivity contribution is -0.140. The van der Waals surface area contributed by atoms with Crippen LogP contribution >= 0.6 is 0 Å². The van der Waals surface area contributed by atoms with Gasteiger partial charge in [0.1, 0.15) is 5.75 Å². The second-order valence-corrected chi connectivity index (χ2v) is 12.1. The van der Waals surface area contributed by atoms with Gasteiger partial charge in [0.25, 0.3) is 0 Å². The molecule has 212 valence electrons. The third kappa shape index (κ3) is 5.11. The van der Waals surface area contributed by atoms with Crippen molar-refractivity contribution in [2.75, 3.05) is 26.7 Å². The van der Waals surface area contributed by atoms with Crippen molar-refractivity contribution in [3.63, 3.8) is 0 Å². The van der Waals surface area contributed by atoms with Gasteiger partial charge in [0, 0.05) is 38.1 Å². The van der Waals surface area contributed by atoms with E-state index in [2.05, 4.69) is 23.5 Å². The van der Waals surface area contributed by atoms with Crippen LogP contribution in [0.3, 0.4) is 0 Å². The fourth-order valence-electron chi connectivity index (χ4n) is 7.24. The van der Waals surface area contributed by atoms with Gasteiger partial charge in [0.2, 0.25) is 17.7 Å². The highest BCUT2D eigenvalue weighted by Gasteiger charge is 2.56. The van der Waals surface area contributed by atoms with Crippen molar-refractivity contribution >= 4 is 17.7 Å². The van der Waals surface area contributed by atoms with Gasteiger partial charge in [0.05, 0.1) is 18.4 Å². The lowest BCUT2D eigenvalue weighted by atomic mass is 9.91. The van der Waals surface area contributed by atoms with Crippen LogP contribution in [0.15, 0.2) is 48.5 Å². The Kier molecular flexibility index (Phi) is 7.56. The van der Waals surface area contributed by atoms with Crippen LogP contribution in [0.5, 0.6) is 5.75 Å². The van der Waals surface area contributed by atoms with Crippen LogP contribution in [-0.2, 0) is 32.8 Å². The molecule has 2 heterocycles. The molecule has 4 aliphatic rings. The maximum absolute atomic E-state index is 14.4. The number of amides is 3. The number of carbonyl (C=O) groups is 3. The fourth-order valence-corrected chi connectivity index (χ4v) is 7.24. The summed E-state index contributed by atoms with van der Waals surface area (Å²) >= 11 is 0. The van der Waals surface area contributed by atoms with Gasteiger partial charge < -0.3 is 19.9 Å². The van der Waals surface area contributed by atoms with Gasteiger partial charge in [-0.2, -0.15) is 0 Å². The van der Waals surface area contributed by atoms with Crippen LogP contribution in [0.25, 0.3) is 0 Å². The van der Waals surface area contributed by atoms with E-state index < -0.39 is 5.41 Å². The summed E-state index contributed by atoms with van der Waals surface area (Å²) in [4.78, 5) is 45.8. The van der Waals surface area contributed by atoms with E-state index >= 15 is 0 Å². The zero-order valence-corrected chi connectivity index (χ0v) is 23.6. The highest BCUT2D eigenvalue weighted by atomic mass is 16.5. The quantitative estimate of drug-likeness (QED) is 0.626. The zero-order valence-electron chi connectivity index (χ0n) is 23.6. The van der Waals surface area contributed by atoms with E-state index in [1.165, 1.54) is 11.1 Å². The number of hydrogen-bond donors (Lipinski definition) is 1. The number of benzene rings is 2. The second kappa shape index (κ2) is 11.3. The van der Waals surface area contributed by atoms with Gasteiger partial charge in [-0.15, -0.1) is 0 Å². The normalized spacial score (nSPS) is 26.1. The number of ether oxygens (including phenoxy) is 1. The predicted octanol–water partition coefficient (Wildman–Crippen LogP) is 4.23. The van der Waals surface area contributed by atoms with Crippen LogP contribution in [0.1, 0.15) is 68.1 Å². The molecule has 0 bridgehead atoms. The molecule has 40 heavy (non-hydrogen) atoms. The van der Waals surface area contributed by atoms with Crippen molar-refractivity contribution < 1.29 is 19.1 Å².